The molecule has 1 N–H and O–H groups in total. The summed E-state index contributed by atoms with van der Waals surface area (Å²) in [7, 11) is 1.63. The Morgan fingerprint density at radius 3 is 2.65 bits per heavy atom. The highest BCUT2D eigenvalue weighted by molar-refractivity contribution is 8.03. The van der Waals surface area contributed by atoms with Gasteiger partial charge >= 0.3 is 0 Å². The Morgan fingerprint density at radius 2 is 2.00 bits per heavy atom. The van der Waals surface area contributed by atoms with Crippen LogP contribution in [0.15, 0.2) is 32.9 Å². The van der Waals surface area contributed by atoms with E-state index in [0.717, 1.165) is 25.7 Å². The number of nitrogens with one attached hydrogen (secondary N) is 1. The quantitative estimate of drug-likeness (QED) is 0.719. The topological polar surface area (TPSA) is 64.1 Å². The van der Waals surface area contributed by atoms with Crippen molar-refractivity contribution in [2.75, 3.05) is 12.9 Å². The fraction of sp³-hybridized carbons (Fsp3) is 0.400. The van der Waals surface area contributed by atoms with Gasteiger partial charge < -0.3 is 10.1 Å². The number of thioether (sulfide) groups is 2. The summed E-state index contributed by atoms with van der Waals surface area (Å²) in [6, 6.07) is 7.65. The Hall–Kier alpha value is -1.25. The van der Waals surface area contributed by atoms with Crippen LogP contribution < -0.4 is 10.1 Å². The molecule has 2 aromatic rings. The van der Waals surface area contributed by atoms with Crippen LogP contribution >= 0.6 is 34.9 Å². The lowest BCUT2D eigenvalue weighted by atomic mass is 10.2. The van der Waals surface area contributed by atoms with E-state index in [1.807, 2.05) is 31.2 Å². The summed E-state index contributed by atoms with van der Waals surface area (Å²) in [6.07, 6.45) is 0. The third kappa shape index (κ3) is 5.71. The van der Waals surface area contributed by atoms with Gasteiger partial charge in [0, 0.05) is 6.54 Å². The Balaban J connectivity index is 1.81. The summed E-state index contributed by atoms with van der Waals surface area (Å²) >= 11 is 4.63. The minimum absolute atomic E-state index is 0.00860. The second kappa shape index (κ2) is 9.14. The highest BCUT2D eigenvalue weighted by Gasteiger charge is 2.17. The third-order valence-corrected chi connectivity index (χ3v) is 6.05. The van der Waals surface area contributed by atoms with Gasteiger partial charge in [0.1, 0.15) is 5.75 Å². The normalized spacial score (nSPS) is 12.0. The van der Waals surface area contributed by atoms with E-state index in [1.54, 1.807) is 18.9 Å². The van der Waals surface area contributed by atoms with E-state index in [9.17, 15) is 4.79 Å². The number of hydrogen-bond acceptors (Lipinski definition) is 7. The van der Waals surface area contributed by atoms with Crippen LogP contribution in [0.25, 0.3) is 0 Å². The molecule has 0 aliphatic carbocycles. The molecule has 124 valence electrons. The van der Waals surface area contributed by atoms with Crippen molar-refractivity contribution >= 4 is 40.8 Å². The van der Waals surface area contributed by atoms with E-state index in [0.29, 0.717) is 6.54 Å². The number of ether oxygens (including phenoxy) is 1. The minimum atomic E-state index is -0.208. The molecule has 0 spiro atoms. The van der Waals surface area contributed by atoms with Gasteiger partial charge in [0.2, 0.25) is 5.91 Å². The second-order valence-electron chi connectivity index (χ2n) is 4.59. The van der Waals surface area contributed by atoms with Crippen molar-refractivity contribution in [2.45, 2.75) is 34.3 Å². The summed E-state index contributed by atoms with van der Waals surface area (Å²) in [4.78, 5) is 12.2. The zero-order valence-corrected chi connectivity index (χ0v) is 15.7. The lowest BCUT2D eigenvalue weighted by Gasteiger charge is -2.10. The molecular weight excluding hydrogens is 350 g/mol. The largest absolute Gasteiger partial charge is 0.497 e. The second-order valence-corrected chi connectivity index (χ2v) is 8.67. The molecule has 1 aromatic heterocycles. The van der Waals surface area contributed by atoms with E-state index < -0.39 is 0 Å². The number of carbonyl (C=O) groups is 1. The average Bonchev–Trinajstić information content (AvgIpc) is 3.00. The van der Waals surface area contributed by atoms with Crippen LogP contribution in [-0.4, -0.2) is 34.2 Å². The van der Waals surface area contributed by atoms with E-state index in [-0.39, 0.29) is 11.2 Å². The first-order valence-electron chi connectivity index (χ1n) is 7.16. The van der Waals surface area contributed by atoms with Crippen LogP contribution in [0, 0.1) is 0 Å². The fourth-order valence-electron chi connectivity index (χ4n) is 1.71. The summed E-state index contributed by atoms with van der Waals surface area (Å²) in [5, 5.41) is 10.9. The lowest BCUT2D eigenvalue weighted by Crippen LogP contribution is -2.30. The number of amides is 1. The Kier molecular flexibility index (Phi) is 7.19. The van der Waals surface area contributed by atoms with E-state index in [2.05, 4.69) is 22.4 Å². The standard InChI is InChI=1S/C15H19N3O2S3/c1-4-21-14-17-18-15(23-14)22-10(2)13(19)16-9-11-5-7-12(20-3)8-6-11/h5-8,10H,4,9H2,1-3H3,(H,16,19)/t10-/m0/s1. The zero-order valence-electron chi connectivity index (χ0n) is 13.2. The van der Waals surface area contributed by atoms with Crippen molar-refractivity contribution in [3.63, 3.8) is 0 Å². The maximum Gasteiger partial charge on any atom is 0.233 e. The third-order valence-electron chi connectivity index (χ3n) is 2.93. The van der Waals surface area contributed by atoms with Gasteiger partial charge in [-0.15, -0.1) is 10.2 Å². The molecule has 0 saturated carbocycles. The van der Waals surface area contributed by atoms with Crippen LogP contribution in [0.3, 0.4) is 0 Å². The maximum atomic E-state index is 12.2. The molecule has 8 heteroatoms. The van der Waals surface area contributed by atoms with Crippen molar-refractivity contribution in [1.82, 2.24) is 15.5 Å². The summed E-state index contributed by atoms with van der Waals surface area (Å²) in [5.41, 5.74) is 1.04. The van der Waals surface area contributed by atoms with Crippen molar-refractivity contribution in [2.24, 2.45) is 0 Å². The molecule has 0 bridgehead atoms. The first kappa shape index (κ1) is 18.1. The molecule has 1 amide bonds. The smallest absolute Gasteiger partial charge is 0.233 e. The molecule has 1 aromatic carbocycles. The van der Waals surface area contributed by atoms with Gasteiger partial charge in [-0.25, -0.2) is 0 Å². The molecule has 0 fully saturated rings. The van der Waals surface area contributed by atoms with E-state index in [1.165, 1.54) is 23.1 Å². The monoisotopic (exact) mass is 369 g/mol. The molecule has 0 aliphatic heterocycles. The van der Waals surface area contributed by atoms with Gasteiger partial charge in [-0.3, -0.25) is 4.79 Å². The number of benzene rings is 1. The van der Waals surface area contributed by atoms with Gasteiger partial charge in [-0.2, -0.15) is 0 Å². The van der Waals surface area contributed by atoms with Gasteiger partial charge in [0.25, 0.3) is 0 Å². The van der Waals surface area contributed by atoms with Crippen LogP contribution in [0.5, 0.6) is 5.75 Å². The number of nitrogens with zero attached hydrogens (tertiary/aromatic N) is 2. The molecule has 0 saturated heterocycles. The first-order chi connectivity index (χ1) is 11.1. The van der Waals surface area contributed by atoms with E-state index >= 15 is 0 Å². The molecule has 2 rings (SSSR count). The number of aromatic nitrogens is 2. The Bertz CT molecular complexity index is 631. The Morgan fingerprint density at radius 1 is 1.30 bits per heavy atom. The van der Waals surface area contributed by atoms with Gasteiger partial charge in [0.15, 0.2) is 8.68 Å². The predicted molar refractivity (Wildman–Crippen MR) is 96.5 cm³/mol. The van der Waals surface area contributed by atoms with Crippen LogP contribution in [-0.2, 0) is 11.3 Å². The lowest BCUT2D eigenvalue weighted by molar-refractivity contribution is -0.120. The molecule has 0 unspecified atom stereocenters. The summed E-state index contributed by atoms with van der Waals surface area (Å²) in [5.74, 6) is 1.77. The average molecular weight is 370 g/mol. The highest BCUT2D eigenvalue weighted by atomic mass is 32.2. The molecule has 1 atom stereocenters. The molecule has 1 heterocycles. The van der Waals surface area contributed by atoms with Crippen molar-refractivity contribution in [3.8, 4) is 5.75 Å². The summed E-state index contributed by atoms with van der Waals surface area (Å²) < 4.78 is 6.89. The van der Waals surface area contributed by atoms with Crippen molar-refractivity contribution in [3.05, 3.63) is 29.8 Å². The first-order valence-corrected chi connectivity index (χ1v) is 9.84. The van der Waals surface area contributed by atoms with Crippen LogP contribution in [0.2, 0.25) is 0 Å². The van der Waals surface area contributed by atoms with E-state index in [4.69, 9.17) is 4.74 Å². The van der Waals surface area contributed by atoms with Gasteiger partial charge in [-0.1, -0.05) is 53.9 Å². The predicted octanol–water partition coefficient (Wildman–Crippen LogP) is 3.46. The number of methoxy groups -OCH3 is 1. The minimum Gasteiger partial charge on any atom is -0.497 e. The van der Waals surface area contributed by atoms with Gasteiger partial charge in [-0.05, 0) is 30.4 Å². The van der Waals surface area contributed by atoms with Crippen LogP contribution in [0.1, 0.15) is 19.4 Å². The zero-order chi connectivity index (χ0) is 16.7. The van der Waals surface area contributed by atoms with Crippen molar-refractivity contribution < 1.29 is 9.53 Å². The molecule has 5 nitrogen and oxygen atoms in total. The fourth-order valence-corrected chi connectivity index (χ4v) is 4.79. The Labute approximate surface area is 148 Å². The number of hydrogen-bond donors (Lipinski definition) is 1. The molecule has 23 heavy (non-hydrogen) atoms. The SMILES string of the molecule is CCSc1nnc(S[C@@H](C)C(=O)NCc2ccc(OC)cc2)s1. The van der Waals surface area contributed by atoms with Crippen LogP contribution in [0.4, 0.5) is 0 Å². The molecule has 0 radical (unpaired) electrons. The molecular formula is C15H19N3O2S3. The highest BCUT2D eigenvalue weighted by Crippen LogP contribution is 2.31. The number of carbonyl (C=O) groups excluding carboxylic acids is 1. The maximum absolute atomic E-state index is 12.2. The molecule has 0 aliphatic rings. The summed E-state index contributed by atoms with van der Waals surface area (Å²) in [6.45, 7) is 4.46. The van der Waals surface area contributed by atoms with Gasteiger partial charge in [0.05, 0.1) is 12.4 Å². The number of rotatable bonds is 8. The van der Waals surface area contributed by atoms with Crippen molar-refractivity contribution in [1.29, 1.82) is 0 Å².